The fraction of sp³-hybridized carbons (Fsp3) is 0.562. The number of amides is 1. The van der Waals surface area contributed by atoms with Crippen LogP contribution in [0.4, 0.5) is 5.69 Å². The molecule has 2 rings (SSSR count). The Morgan fingerprint density at radius 1 is 1.19 bits per heavy atom. The van der Waals surface area contributed by atoms with E-state index in [9.17, 15) is 4.79 Å². The van der Waals surface area contributed by atoms with Crippen molar-refractivity contribution in [3.63, 3.8) is 0 Å². The Kier molecular flexibility index (Phi) is 4.42. The molecule has 116 valence electrons. The van der Waals surface area contributed by atoms with Crippen LogP contribution in [0, 0.1) is 0 Å². The maximum absolute atomic E-state index is 12.6. The molecule has 0 atom stereocenters. The molecule has 0 bridgehead atoms. The summed E-state index contributed by atoms with van der Waals surface area (Å²) in [5.74, 6) is 0.672. The predicted octanol–water partition coefficient (Wildman–Crippen LogP) is 1.83. The third-order valence-corrected chi connectivity index (χ3v) is 4.00. The molecule has 1 aliphatic rings. The number of hydrogen-bond donors (Lipinski definition) is 1. The van der Waals surface area contributed by atoms with E-state index >= 15 is 0 Å². The number of hydrogen-bond acceptors (Lipinski definition) is 4. The summed E-state index contributed by atoms with van der Waals surface area (Å²) in [7, 11) is 1.59. The van der Waals surface area contributed by atoms with Crippen molar-refractivity contribution in [3.8, 4) is 5.75 Å². The molecule has 21 heavy (non-hydrogen) atoms. The second-order valence-corrected chi connectivity index (χ2v) is 6.40. The van der Waals surface area contributed by atoms with Gasteiger partial charge in [-0.2, -0.15) is 0 Å². The highest BCUT2D eigenvalue weighted by Gasteiger charge is 2.28. The summed E-state index contributed by atoms with van der Waals surface area (Å²) in [5, 5.41) is 0. The van der Waals surface area contributed by atoms with Gasteiger partial charge < -0.3 is 15.4 Å². The minimum absolute atomic E-state index is 0.00344. The van der Waals surface area contributed by atoms with E-state index in [0.29, 0.717) is 17.0 Å². The number of nitrogens with two attached hydrogens (primary N) is 1. The van der Waals surface area contributed by atoms with Crippen molar-refractivity contribution >= 4 is 11.6 Å². The maximum Gasteiger partial charge on any atom is 0.256 e. The van der Waals surface area contributed by atoms with E-state index in [2.05, 4.69) is 25.7 Å². The van der Waals surface area contributed by atoms with Crippen LogP contribution in [-0.2, 0) is 0 Å². The Balaban J connectivity index is 2.05. The average Bonchev–Trinajstić information content (AvgIpc) is 2.45. The van der Waals surface area contributed by atoms with Crippen molar-refractivity contribution in [3.05, 3.63) is 23.8 Å². The van der Waals surface area contributed by atoms with Crippen molar-refractivity contribution < 1.29 is 9.53 Å². The number of nitrogen functional groups attached to an aromatic ring is 1. The Hall–Kier alpha value is -1.75. The number of carbonyl (C=O) groups is 1. The lowest BCUT2D eigenvalue weighted by atomic mass is 10.0. The van der Waals surface area contributed by atoms with E-state index in [-0.39, 0.29) is 11.4 Å². The molecular formula is C16H25N3O2. The predicted molar refractivity (Wildman–Crippen MR) is 84.6 cm³/mol. The maximum atomic E-state index is 12.6. The van der Waals surface area contributed by atoms with Crippen LogP contribution >= 0.6 is 0 Å². The van der Waals surface area contributed by atoms with E-state index in [1.807, 2.05) is 4.90 Å². The van der Waals surface area contributed by atoms with E-state index in [1.54, 1.807) is 25.3 Å². The summed E-state index contributed by atoms with van der Waals surface area (Å²) in [6.45, 7) is 9.86. The van der Waals surface area contributed by atoms with Crippen LogP contribution < -0.4 is 10.5 Å². The Morgan fingerprint density at radius 3 is 2.29 bits per heavy atom. The summed E-state index contributed by atoms with van der Waals surface area (Å²) in [6, 6.07) is 5.21. The first-order valence-corrected chi connectivity index (χ1v) is 7.31. The molecule has 1 aromatic carbocycles. The average molecular weight is 291 g/mol. The SMILES string of the molecule is COc1ccc(C(=O)N2CCN(C(C)(C)C)CC2)c(N)c1. The third kappa shape index (κ3) is 3.47. The van der Waals surface area contributed by atoms with Gasteiger partial charge >= 0.3 is 0 Å². The molecule has 0 unspecified atom stereocenters. The highest BCUT2D eigenvalue weighted by atomic mass is 16.5. The Bertz CT molecular complexity index is 515. The topological polar surface area (TPSA) is 58.8 Å². The molecular weight excluding hydrogens is 266 g/mol. The standard InChI is InChI=1S/C16H25N3O2/c1-16(2,3)19-9-7-18(8-10-19)15(20)13-6-5-12(21-4)11-14(13)17/h5-6,11H,7-10,17H2,1-4H3. The minimum atomic E-state index is 0.00344. The number of anilines is 1. The molecule has 1 aromatic rings. The molecule has 1 saturated heterocycles. The van der Waals surface area contributed by atoms with Gasteiger partial charge in [0.1, 0.15) is 5.75 Å². The van der Waals surface area contributed by atoms with Crippen molar-refractivity contribution in [1.29, 1.82) is 0 Å². The number of nitrogens with zero attached hydrogens (tertiary/aromatic N) is 2. The molecule has 2 N–H and O–H groups in total. The number of benzene rings is 1. The van der Waals surface area contributed by atoms with Gasteiger partial charge in [-0.15, -0.1) is 0 Å². The van der Waals surface area contributed by atoms with Crippen LogP contribution in [0.2, 0.25) is 0 Å². The first-order chi connectivity index (χ1) is 9.82. The van der Waals surface area contributed by atoms with Gasteiger partial charge in [0.25, 0.3) is 5.91 Å². The first kappa shape index (κ1) is 15.6. The van der Waals surface area contributed by atoms with Crippen LogP contribution in [0.5, 0.6) is 5.75 Å². The number of piperazine rings is 1. The van der Waals surface area contributed by atoms with E-state index < -0.39 is 0 Å². The molecule has 1 heterocycles. The largest absolute Gasteiger partial charge is 0.497 e. The smallest absolute Gasteiger partial charge is 0.256 e. The van der Waals surface area contributed by atoms with Gasteiger partial charge in [-0.05, 0) is 32.9 Å². The van der Waals surface area contributed by atoms with Gasteiger partial charge in [0, 0.05) is 43.5 Å². The molecule has 1 aliphatic heterocycles. The number of methoxy groups -OCH3 is 1. The fourth-order valence-electron chi connectivity index (χ4n) is 2.61. The molecule has 1 fully saturated rings. The quantitative estimate of drug-likeness (QED) is 0.845. The molecule has 5 nitrogen and oxygen atoms in total. The molecule has 0 saturated carbocycles. The zero-order valence-corrected chi connectivity index (χ0v) is 13.3. The third-order valence-electron chi connectivity index (χ3n) is 4.00. The molecule has 1 amide bonds. The van der Waals surface area contributed by atoms with Gasteiger partial charge in [0.2, 0.25) is 0 Å². The van der Waals surface area contributed by atoms with E-state index in [0.717, 1.165) is 26.2 Å². The lowest BCUT2D eigenvalue weighted by molar-refractivity contribution is 0.0452. The normalized spacial score (nSPS) is 16.9. The van der Waals surface area contributed by atoms with Gasteiger partial charge in [-0.3, -0.25) is 9.69 Å². The number of carbonyl (C=O) groups excluding carboxylic acids is 1. The number of rotatable bonds is 2. The summed E-state index contributed by atoms with van der Waals surface area (Å²) < 4.78 is 5.12. The lowest BCUT2D eigenvalue weighted by Gasteiger charge is -2.42. The van der Waals surface area contributed by atoms with Gasteiger partial charge in [-0.25, -0.2) is 0 Å². The molecule has 0 aromatic heterocycles. The highest BCUT2D eigenvalue weighted by molar-refractivity contribution is 5.99. The van der Waals surface area contributed by atoms with E-state index in [1.165, 1.54) is 0 Å². The fourth-order valence-corrected chi connectivity index (χ4v) is 2.61. The zero-order valence-electron chi connectivity index (χ0n) is 13.3. The first-order valence-electron chi connectivity index (χ1n) is 7.31. The van der Waals surface area contributed by atoms with E-state index in [4.69, 9.17) is 10.5 Å². The Morgan fingerprint density at radius 2 is 1.81 bits per heavy atom. The molecule has 0 radical (unpaired) electrons. The van der Waals surface area contributed by atoms with Gasteiger partial charge in [-0.1, -0.05) is 0 Å². The van der Waals surface area contributed by atoms with Crippen molar-refractivity contribution in [2.24, 2.45) is 0 Å². The highest BCUT2D eigenvalue weighted by Crippen LogP contribution is 2.22. The molecule has 0 aliphatic carbocycles. The minimum Gasteiger partial charge on any atom is -0.497 e. The monoisotopic (exact) mass is 291 g/mol. The van der Waals surface area contributed by atoms with Crippen molar-refractivity contribution in [1.82, 2.24) is 9.80 Å². The summed E-state index contributed by atoms with van der Waals surface area (Å²) in [5.41, 5.74) is 7.14. The Labute approximate surface area is 126 Å². The van der Waals surface area contributed by atoms with Crippen LogP contribution in [0.1, 0.15) is 31.1 Å². The van der Waals surface area contributed by atoms with Gasteiger partial charge in [0.15, 0.2) is 0 Å². The lowest BCUT2D eigenvalue weighted by Crippen LogP contribution is -2.54. The van der Waals surface area contributed by atoms with Crippen LogP contribution in [0.3, 0.4) is 0 Å². The van der Waals surface area contributed by atoms with Gasteiger partial charge in [0.05, 0.1) is 12.7 Å². The molecule has 0 spiro atoms. The van der Waals surface area contributed by atoms with Crippen molar-refractivity contribution in [2.45, 2.75) is 26.3 Å². The summed E-state index contributed by atoms with van der Waals surface area (Å²) >= 11 is 0. The summed E-state index contributed by atoms with van der Waals surface area (Å²) in [4.78, 5) is 16.8. The van der Waals surface area contributed by atoms with Crippen molar-refractivity contribution in [2.75, 3.05) is 39.0 Å². The van der Waals surface area contributed by atoms with Crippen LogP contribution in [-0.4, -0.2) is 54.5 Å². The van der Waals surface area contributed by atoms with Crippen LogP contribution in [0.25, 0.3) is 0 Å². The van der Waals surface area contributed by atoms with Crippen LogP contribution in [0.15, 0.2) is 18.2 Å². The second-order valence-electron chi connectivity index (χ2n) is 6.40. The number of ether oxygens (including phenoxy) is 1. The summed E-state index contributed by atoms with van der Waals surface area (Å²) in [6.07, 6.45) is 0. The molecule has 5 heteroatoms. The second kappa shape index (κ2) is 5.93. The zero-order chi connectivity index (χ0) is 15.6.